The largest absolute Gasteiger partial charge is 0.357 e. The van der Waals surface area contributed by atoms with Crippen molar-refractivity contribution in [2.45, 2.75) is 66.0 Å². The zero-order chi connectivity index (χ0) is 19.2. The molecule has 1 saturated heterocycles. The van der Waals surface area contributed by atoms with Crippen molar-refractivity contribution < 1.29 is 4.52 Å². The molecular formula is C20H37IN6O. The van der Waals surface area contributed by atoms with E-state index in [9.17, 15) is 0 Å². The van der Waals surface area contributed by atoms with Crippen LogP contribution in [0.3, 0.4) is 0 Å². The first-order valence-corrected chi connectivity index (χ1v) is 10.6. The van der Waals surface area contributed by atoms with Crippen LogP contribution in [0.5, 0.6) is 0 Å². The number of aromatic nitrogens is 2. The molecule has 0 bridgehead atoms. The van der Waals surface area contributed by atoms with Gasteiger partial charge in [0, 0.05) is 45.7 Å². The van der Waals surface area contributed by atoms with Gasteiger partial charge in [0.2, 0.25) is 5.89 Å². The lowest BCUT2D eigenvalue weighted by molar-refractivity contribution is 0.0864. The van der Waals surface area contributed by atoms with E-state index >= 15 is 0 Å². The fourth-order valence-corrected chi connectivity index (χ4v) is 4.41. The van der Waals surface area contributed by atoms with Crippen LogP contribution in [0.2, 0.25) is 0 Å². The van der Waals surface area contributed by atoms with E-state index in [1.54, 1.807) is 6.92 Å². The van der Waals surface area contributed by atoms with Crippen LogP contribution in [0.15, 0.2) is 9.52 Å². The van der Waals surface area contributed by atoms with Gasteiger partial charge in [0.05, 0.1) is 0 Å². The molecule has 0 unspecified atom stereocenters. The summed E-state index contributed by atoms with van der Waals surface area (Å²) >= 11 is 0. The van der Waals surface area contributed by atoms with Crippen LogP contribution < -0.4 is 5.32 Å². The van der Waals surface area contributed by atoms with Gasteiger partial charge in [-0.3, -0.25) is 4.90 Å². The highest BCUT2D eigenvalue weighted by Gasteiger charge is 2.29. The smallest absolute Gasteiger partial charge is 0.223 e. The number of halogens is 1. The molecule has 0 atom stereocenters. The van der Waals surface area contributed by atoms with Gasteiger partial charge >= 0.3 is 0 Å². The Morgan fingerprint density at radius 3 is 2.39 bits per heavy atom. The molecule has 2 heterocycles. The summed E-state index contributed by atoms with van der Waals surface area (Å²) in [7, 11) is 0. The Kier molecular flexibility index (Phi) is 9.46. The predicted molar refractivity (Wildman–Crippen MR) is 123 cm³/mol. The van der Waals surface area contributed by atoms with Crippen molar-refractivity contribution in [2.75, 3.05) is 32.7 Å². The fourth-order valence-electron chi connectivity index (χ4n) is 4.41. The third-order valence-electron chi connectivity index (χ3n) is 6.09. The summed E-state index contributed by atoms with van der Waals surface area (Å²) in [5.41, 5.74) is 0. The third-order valence-corrected chi connectivity index (χ3v) is 6.09. The molecule has 1 aliphatic heterocycles. The van der Waals surface area contributed by atoms with Crippen molar-refractivity contribution >= 4 is 29.9 Å². The quantitative estimate of drug-likeness (QED) is 0.377. The van der Waals surface area contributed by atoms with E-state index in [4.69, 9.17) is 9.52 Å². The Morgan fingerprint density at radius 2 is 1.86 bits per heavy atom. The highest BCUT2D eigenvalue weighted by Crippen LogP contribution is 2.32. The van der Waals surface area contributed by atoms with Crippen molar-refractivity contribution in [2.24, 2.45) is 16.8 Å². The maximum atomic E-state index is 5.03. The van der Waals surface area contributed by atoms with Crippen LogP contribution in [-0.4, -0.2) is 64.7 Å². The molecule has 0 spiro atoms. The fraction of sp³-hybridized carbons (Fsp3) is 0.850. The molecule has 8 heteroatoms. The van der Waals surface area contributed by atoms with Gasteiger partial charge in [0.25, 0.3) is 0 Å². The van der Waals surface area contributed by atoms with E-state index in [1.165, 1.54) is 25.7 Å². The molecule has 1 aromatic rings. The van der Waals surface area contributed by atoms with Gasteiger partial charge in [-0.05, 0) is 44.4 Å². The summed E-state index contributed by atoms with van der Waals surface area (Å²) in [5.74, 6) is 3.96. The maximum Gasteiger partial charge on any atom is 0.223 e. The second-order valence-electron chi connectivity index (χ2n) is 8.24. The molecule has 7 nitrogen and oxygen atoms in total. The zero-order valence-electron chi connectivity index (χ0n) is 17.9. The molecule has 1 aromatic heterocycles. The first-order chi connectivity index (χ1) is 13.1. The first kappa shape index (κ1) is 23.4. The second-order valence-corrected chi connectivity index (χ2v) is 8.24. The number of piperazine rings is 1. The van der Waals surface area contributed by atoms with Crippen LogP contribution in [0.25, 0.3) is 0 Å². The number of nitrogens with zero attached hydrogens (tertiary/aromatic N) is 5. The predicted octanol–water partition coefficient (Wildman–Crippen LogP) is 3.29. The van der Waals surface area contributed by atoms with Crippen LogP contribution in [0, 0.1) is 18.8 Å². The lowest BCUT2D eigenvalue weighted by Gasteiger charge is -2.43. The van der Waals surface area contributed by atoms with E-state index in [0.717, 1.165) is 56.6 Å². The van der Waals surface area contributed by atoms with E-state index in [-0.39, 0.29) is 24.0 Å². The van der Waals surface area contributed by atoms with Gasteiger partial charge in [-0.15, -0.1) is 24.0 Å². The van der Waals surface area contributed by atoms with Crippen molar-refractivity contribution in [3.63, 3.8) is 0 Å². The van der Waals surface area contributed by atoms with E-state index in [1.807, 2.05) is 0 Å². The minimum Gasteiger partial charge on any atom is -0.357 e. The molecule has 1 saturated carbocycles. The van der Waals surface area contributed by atoms with E-state index in [0.29, 0.717) is 18.3 Å². The standard InChI is InChI=1S/C20H36N6O.HI/c1-5-21-20(22-14-19-23-16(4)27-24-19)26-12-10-25(11-13-26)18-8-6-17(7-9-18)15(2)3;/h15,17-18H,5-14H2,1-4H3,(H,21,22);1H. The molecule has 2 fully saturated rings. The Balaban J connectivity index is 0.00000280. The molecule has 0 aromatic carbocycles. The number of hydrogen-bond acceptors (Lipinski definition) is 5. The van der Waals surface area contributed by atoms with Gasteiger partial charge in [-0.1, -0.05) is 19.0 Å². The first-order valence-electron chi connectivity index (χ1n) is 10.6. The highest BCUT2D eigenvalue weighted by atomic mass is 127. The Labute approximate surface area is 186 Å². The van der Waals surface area contributed by atoms with Crippen LogP contribution in [-0.2, 0) is 6.54 Å². The number of nitrogens with one attached hydrogen (secondary N) is 1. The SMILES string of the molecule is CCNC(=NCc1noc(C)n1)N1CCN(C2CCC(C(C)C)CC2)CC1.I. The molecule has 0 radical (unpaired) electrons. The van der Waals surface area contributed by atoms with Gasteiger partial charge in [-0.2, -0.15) is 4.98 Å². The third kappa shape index (κ3) is 6.30. The summed E-state index contributed by atoms with van der Waals surface area (Å²) in [6.45, 7) is 14.3. The average Bonchev–Trinajstić information content (AvgIpc) is 3.10. The van der Waals surface area contributed by atoms with Gasteiger partial charge in [0.15, 0.2) is 11.8 Å². The van der Waals surface area contributed by atoms with Crippen molar-refractivity contribution in [1.82, 2.24) is 25.3 Å². The monoisotopic (exact) mass is 504 g/mol. The molecule has 160 valence electrons. The topological polar surface area (TPSA) is 69.8 Å². The Bertz CT molecular complexity index is 604. The van der Waals surface area contributed by atoms with Crippen LogP contribution >= 0.6 is 24.0 Å². The molecule has 3 rings (SSSR count). The van der Waals surface area contributed by atoms with Crippen molar-refractivity contribution in [1.29, 1.82) is 0 Å². The summed E-state index contributed by atoms with van der Waals surface area (Å²) in [6, 6.07) is 0.781. The van der Waals surface area contributed by atoms with Gasteiger partial charge < -0.3 is 14.7 Å². The van der Waals surface area contributed by atoms with Crippen LogP contribution in [0.4, 0.5) is 0 Å². The summed E-state index contributed by atoms with van der Waals surface area (Å²) in [4.78, 5) is 14.0. The number of aliphatic imine (C=N–C) groups is 1. The minimum atomic E-state index is 0. The maximum absolute atomic E-state index is 5.03. The Hall–Kier alpha value is -0.900. The number of hydrogen-bond donors (Lipinski definition) is 1. The number of aryl methyl sites for hydroxylation is 1. The minimum absolute atomic E-state index is 0. The summed E-state index contributed by atoms with van der Waals surface area (Å²) < 4.78 is 5.03. The zero-order valence-corrected chi connectivity index (χ0v) is 20.2. The number of guanidine groups is 1. The Morgan fingerprint density at radius 1 is 1.18 bits per heavy atom. The molecule has 0 amide bonds. The average molecular weight is 504 g/mol. The molecular weight excluding hydrogens is 467 g/mol. The molecule has 1 aliphatic carbocycles. The normalized spacial score (nSPS) is 24.3. The van der Waals surface area contributed by atoms with E-state index < -0.39 is 0 Å². The summed E-state index contributed by atoms with van der Waals surface area (Å²) in [6.07, 6.45) is 5.54. The van der Waals surface area contributed by atoms with Gasteiger partial charge in [-0.25, -0.2) is 4.99 Å². The van der Waals surface area contributed by atoms with Gasteiger partial charge in [0.1, 0.15) is 6.54 Å². The lowest BCUT2D eigenvalue weighted by atomic mass is 9.79. The lowest BCUT2D eigenvalue weighted by Crippen LogP contribution is -2.55. The van der Waals surface area contributed by atoms with Crippen molar-refractivity contribution in [3.8, 4) is 0 Å². The molecule has 2 aliphatic rings. The van der Waals surface area contributed by atoms with Crippen LogP contribution in [0.1, 0.15) is 58.2 Å². The summed E-state index contributed by atoms with van der Waals surface area (Å²) in [5, 5.41) is 7.35. The number of rotatable bonds is 5. The van der Waals surface area contributed by atoms with E-state index in [2.05, 4.69) is 46.0 Å². The molecule has 1 N–H and O–H groups in total. The highest BCUT2D eigenvalue weighted by molar-refractivity contribution is 14.0. The van der Waals surface area contributed by atoms with Crippen molar-refractivity contribution in [3.05, 3.63) is 11.7 Å². The molecule has 28 heavy (non-hydrogen) atoms. The second kappa shape index (κ2) is 11.3.